The van der Waals surface area contributed by atoms with Gasteiger partial charge >= 0.3 is 12.1 Å². The number of carbonyl (C=O) groups excluding carboxylic acids is 1. The number of benzene rings is 4. The molecule has 1 fully saturated rings. The fraction of sp³-hybridized carbons (Fsp3) is 0.257. The van der Waals surface area contributed by atoms with Gasteiger partial charge in [0.25, 0.3) is 0 Å². The zero-order valence-electron chi connectivity index (χ0n) is 25.3. The Bertz CT molecular complexity index is 1900. The lowest BCUT2D eigenvalue weighted by Gasteiger charge is -2.55. The lowest BCUT2D eigenvalue weighted by molar-refractivity contribution is -0.380. The second-order valence-electron chi connectivity index (χ2n) is 11.6. The molecule has 0 bridgehead atoms. The minimum absolute atomic E-state index is 0.126. The Morgan fingerprint density at radius 1 is 1.04 bits per heavy atom. The molecule has 238 valence electrons. The molecule has 0 radical (unpaired) electrons. The van der Waals surface area contributed by atoms with E-state index in [0.717, 1.165) is 17.2 Å². The molecule has 6 rings (SSSR count). The molecule has 1 unspecified atom stereocenters. The van der Waals surface area contributed by atoms with E-state index in [2.05, 4.69) is 10.4 Å². The first-order valence-electron chi connectivity index (χ1n) is 14.6. The van der Waals surface area contributed by atoms with Crippen molar-refractivity contribution in [3.63, 3.8) is 0 Å². The van der Waals surface area contributed by atoms with Gasteiger partial charge in [0.2, 0.25) is 0 Å². The van der Waals surface area contributed by atoms with Crippen LogP contribution in [-0.4, -0.2) is 41.2 Å². The van der Waals surface area contributed by atoms with Crippen LogP contribution in [0.15, 0.2) is 91.1 Å². The van der Waals surface area contributed by atoms with E-state index in [4.69, 9.17) is 14.2 Å². The van der Waals surface area contributed by atoms with Crippen molar-refractivity contribution in [3.8, 4) is 11.4 Å². The first kappa shape index (κ1) is 31.1. The molecule has 46 heavy (non-hydrogen) atoms. The van der Waals surface area contributed by atoms with Gasteiger partial charge in [-0.15, -0.1) is 0 Å². The molecule has 1 N–H and O–H groups in total. The van der Waals surface area contributed by atoms with Crippen LogP contribution in [0.5, 0.6) is 5.75 Å². The molecule has 11 heteroatoms. The summed E-state index contributed by atoms with van der Waals surface area (Å²) in [5, 5.41) is 8.03. The standard InChI is InChI=1S/C35H31F4N3O4/c1-22-14-29(40-21-34(35(37,38)39)20-33(2,46-34)28-17-25(36)12-13-31(28)44-3)27-18-41-42(30(27)15-22)26-11-7-10-24(16-26)32(43)45-19-23-8-5-4-6-9-23/h4-18,40H,19-21H2,1-3H3/t33?,34-/m1/s1. The van der Waals surface area contributed by atoms with E-state index in [1.54, 1.807) is 41.2 Å². The van der Waals surface area contributed by atoms with E-state index in [1.807, 2.05) is 43.3 Å². The maximum atomic E-state index is 14.5. The van der Waals surface area contributed by atoms with Crippen LogP contribution < -0.4 is 10.1 Å². The van der Waals surface area contributed by atoms with E-state index in [1.165, 1.54) is 26.2 Å². The normalized spacial score (nSPS) is 19.5. The number of rotatable bonds is 9. The number of halogens is 4. The minimum atomic E-state index is -4.72. The van der Waals surface area contributed by atoms with Crippen LogP contribution in [0.4, 0.5) is 23.2 Å². The van der Waals surface area contributed by atoms with Gasteiger partial charge < -0.3 is 19.5 Å². The van der Waals surface area contributed by atoms with Gasteiger partial charge in [-0.05, 0) is 73.5 Å². The second-order valence-corrected chi connectivity index (χ2v) is 11.6. The van der Waals surface area contributed by atoms with Gasteiger partial charge in [0.05, 0.1) is 42.2 Å². The van der Waals surface area contributed by atoms with Crippen LogP contribution in [-0.2, 0) is 21.7 Å². The van der Waals surface area contributed by atoms with Crippen LogP contribution in [0.1, 0.15) is 40.4 Å². The third-order valence-electron chi connectivity index (χ3n) is 8.23. The molecule has 2 atom stereocenters. The molecule has 0 amide bonds. The van der Waals surface area contributed by atoms with Gasteiger partial charge in [-0.25, -0.2) is 13.9 Å². The number of methoxy groups -OCH3 is 1. The lowest BCUT2D eigenvalue weighted by Crippen LogP contribution is -2.67. The Kier molecular flexibility index (Phi) is 7.97. The van der Waals surface area contributed by atoms with E-state index in [-0.39, 0.29) is 17.9 Å². The highest BCUT2D eigenvalue weighted by molar-refractivity contribution is 5.94. The number of esters is 1. The summed E-state index contributed by atoms with van der Waals surface area (Å²) < 4.78 is 75.7. The highest BCUT2D eigenvalue weighted by atomic mass is 19.4. The number of nitrogens with zero attached hydrogens (tertiary/aromatic N) is 2. The molecule has 0 spiro atoms. The van der Waals surface area contributed by atoms with Gasteiger partial charge in [-0.1, -0.05) is 36.4 Å². The fourth-order valence-corrected chi connectivity index (χ4v) is 6.00. The minimum Gasteiger partial charge on any atom is -0.496 e. The molecule has 1 aromatic heterocycles. The predicted octanol–water partition coefficient (Wildman–Crippen LogP) is 7.89. The number of hydrogen-bond donors (Lipinski definition) is 1. The third-order valence-corrected chi connectivity index (χ3v) is 8.23. The number of aromatic nitrogens is 2. The molecular formula is C35H31F4N3O4. The molecule has 7 nitrogen and oxygen atoms in total. The van der Waals surface area contributed by atoms with E-state index in [0.29, 0.717) is 27.8 Å². The maximum absolute atomic E-state index is 14.5. The Balaban J connectivity index is 1.24. The van der Waals surface area contributed by atoms with Crippen molar-refractivity contribution in [3.05, 3.63) is 119 Å². The number of alkyl halides is 3. The van der Waals surface area contributed by atoms with E-state index in [9.17, 15) is 22.4 Å². The largest absolute Gasteiger partial charge is 0.496 e. The molecule has 1 saturated heterocycles. The van der Waals surface area contributed by atoms with Crippen molar-refractivity contribution in [2.75, 3.05) is 19.0 Å². The highest BCUT2D eigenvalue weighted by Crippen LogP contribution is 2.57. The summed E-state index contributed by atoms with van der Waals surface area (Å²) >= 11 is 0. The van der Waals surface area contributed by atoms with Crippen molar-refractivity contribution >= 4 is 22.6 Å². The number of aryl methyl sites for hydroxylation is 1. The fourth-order valence-electron chi connectivity index (χ4n) is 6.00. The summed E-state index contributed by atoms with van der Waals surface area (Å²) in [6.07, 6.45) is -3.61. The lowest BCUT2D eigenvalue weighted by atomic mass is 9.75. The summed E-state index contributed by atoms with van der Waals surface area (Å²) in [5.41, 5.74) is -0.126. The summed E-state index contributed by atoms with van der Waals surface area (Å²) in [4.78, 5) is 12.8. The zero-order chi connectivity index (χ0) is 32.7. The average Bonchev–Trinajstić information content (AvgIpc) is 3.45. The summed E-state index contributed by atoms with van der Waals surface area (Å²) in [6, 6.07) is 23.4. The van der Waals surface area contributed by atoms with Crippen molar-refractivity contribution in [2.45, 2.75) is 44.3 Å². The molecule has 5 aromatic rings. The third kappa shape index (κ3) is 5.78. The Labute approximate surface area is 262 Å². The molecule has 1 aliphatic heterocycles. The van der Waals surface area contributed by atoms with E-state index < -0.39 is 42.1 Å². The molecule has 0 aliphatic carbocycles. The van der Waals surface area contributed by atoms with Crippen LogP contribution in [0.2, 0.25) is 0 Å². The van der Waals surface area contributed by atoms with Gasteiger partial charge in [-0.3, -0.25) is 0 Å². The Morgan fingerprint density at radius 3 is 2.52 bits per heavy atom. The molecule has 1 aliphatic rings. The summed E-state index contributed by atoms with van der Waals surface area (Å²) in [5.74, 6) is -0.854. The van der Waals surface area contributed by atoms with Crippen LogP contribution in [0.3, 0.4) is 0 Å². The number of carbonyl (C=O) groups is 1. The summed E-state index contributed by atoms with van der Waals surface area (Å²) in [6.45, 7) is 2.86. The van der Waals surface area contributed by atoms with Gasteiger partial charge in [0.1, 0.15) is 18.2 Å². The number of hydrogen-bond acceptors (Lipinski definition) is 6. The monoisotopic (exact) mass is 633 g/mol. The molecule has 4 aromatic carbocycles. The quantitative estimate of drug-likeness (QED) is 0.132. The van der Waals surface area contributed by atoms with E-state index >= 15 is 0 Å². The second kappa shape index (κ2) is 11.8. The van der Waals surface area contributed by atoms with Crippen LogP contribution in [0, 0.1) is 12.7 Å². The first-order chi connectivity index (χ1) is 21.9. The Morgan fingerprint density at radius 2 is 1.80 bits per heavy atom. The predicted molar refractivity (Wildman–Crippen MR) is 165 cm³/mol. The van der Waals surface area contributed by atoms with Gasteiger partial charge in [0.15, 0.2) is 5.60 Å². The average molecular weight is 634 g/mol. The number of ether oxygens (including phenoxy) is 3. The first-order valence-corrected chi connectivity index (χ1v) is 14.6. The van der Waals surface area contributed by atoms with Gasteiger partial charge in [-0.2, -0.15) is 18.3 Å². The molecule has 2 heterocycles. The number of nitrogens with one attached hydrogen (secondary N) is 1. The van der Waals surface area contributed by atoms with Crippen molar-refractivity contribution in [1.82, 2.24) is 9.78 Å². The highest BCUT2D eigenvalue weighted by Gasteiger charge is 2.68. The van der Waals surface area contributed by atoms with Crippen LogP contribution in [0.25, 0.3) is 16.6 Å². The van der Waals surface area contributed by atoms with Crippen LogP contribution >= 0.6 is 0 Å². The van der Waals surface area contributed by atoms with Crippen molar-refractivity contribution in [2.24, 2.45) is 0 Å². The smallest absolute Gasteiger partial charge is 0.419 e. The summed E-state index contributed by atoms with van der Waals surface area (Å²) in [7, 11) is 1.37. The number of fused-ring (bicyclic) bond motifs is 1. The topological polar surface area (TPSA) is 74.6 Å². The molecular weight excluding hydrogens is 602 g/mol. The number of anilines is 1. The zero-order valence-corrected chi connectivity index (χ0v) is 25.3. The van der Waals surface area contributed by atoms with Crippen molar-refractivity contribution < 1.29 is 36.6 Å². The Hall–Kier alpha value is -4.90. The SMILES string of the molecule is COc1ccc(F)cc1C1(C)C[C@@](CNc2cc(C)cc3c2cnn3-c2cccc(C(=O)OCc3ccccc3)c2)(C(F)(F)F)O1. The van der Waals surface area contributed by atoms with Gasteiger partial charge in [0, 0.05) is 23.1 Å². The molecule has 0 saturated carbocycles. The maximum Gasteiger partial charge on any atom is 0.419 e. The van der Waals surface area contributed by atoms with Crippen molar-refractivity contribution in [1.29, 1.82) is 0 Å².